The second-order valence-corrected chi connectivity index (χ2v) is 12.1. The molecule has 0 saturated heterocycles. The van der Waals surface area contributed by atoms with Gasteiger partial charge in [0.1, 0.15) is 0 Å². The van der Waals surface area contributed by atoms with E-state index >= 15 is 0 Å². The van der Waals surface area contributed by atoms with Gasteiger partial charge in [0, 0.05) is 0 Å². The largest absolute Gasteiger partial charge is 0.106 e. The normalized spacial score (nSPS) is 21.4. The molecule has 1 rings (SSSR count). The van der Waals surface area contributed by atoms with E-state index in [4.69, 9.17) is 0 Å². The van der Waals surface area contributed by atoms with Crippen molar-refractivity contribution in [3.8, 4) is 0 Å². The summed E-state index contributed by atoms with van der Waals surface area (Å²) in [6.07, 6.45) is 13.6. The van der Waals surface area contributed by atoms with Gasteiger partial charge < -0.3 is 0 Å². The predicted octanol–water partition coefficient (Wildman–Crippen LogP) is 6.11. The highest BCUT2D eigenvalue weighted by molar-refractivity contribution is 14.1. The van der Waals surface area contributed by atoms with Crippen LogP contribution in [0.3, 0.4) is 0 Å². The van der Waals surface area contributed by atoms with Crippen molar-refractivity contribution in [2.24, 2.45) is 0 Å². The lowest BCUT2D eigenvalue weighted by atomic mass is 10.0. The van der Waals surface area contributed by atoms with Crippen molar-refractivity contribution in [1.82, 2.24) is 0 Å². The lowest BCUT2D eigenvalue weighted by Gasteiger charge is -2.30. The van der Waals surface area contributed by atoms with Crippen LogP contribution in [0, 0.1) is 0 Å². The lowest BCUT2D eigenvalue weighted by molar-refractivity contribution is 0.511. The lowest BCUT2D eigenvalue weighted by Crippen LogP contribution is -2.11. The van der Waals surface area contributed by atoms with E-state index in [0.717, 1.165) is 5.66 Å². The van der Waals surface area contributed by atoms with Crippen LogP contribution >= 0.6 is 38.4 Å². The second-order valence-electron chi connectivity index (χ2n) is 5.52. The number of hydrogen-bond donors (Lipinski definition) is 0. The van der Waals surface area contributed by atoms with Gasteiger partial charge >= 0.3 is 0 Å². The molecule has 0 radical (unpaired) electrons. The van der Waals surface area contributed by atoms with Crippen molar-refractivity contribution < 1.29 is 0 Å². The molecule has 1 aliphatic carbocycles. The summed E-state index contributed by atoms with van der Waals surface area (Å²) in [7, 11) is 0.730. The van der Waals surface area contributed by atoms with Crippen molar-refractivity contribution in [1.29, 1.82) is 0 Å². The first-order valence-corrected chi connectivity index (χ1v) is 12.9. The zero-order valence-electron chi connectivity index (χ0n) is 11.6. The standard InChI is InChI=1S/C14H29IP2/c1-16(12-8-4-7-11-15)13-17(2)14-9-5-3-6-10-14/h14H,3-13H2,1-2H3/t16-,17?/m0/s1. The van der Waals surface area contributed by atoms with E-state index in [1.54, 1.807) is 24.9 Å². The SMILES string of the molecule is CP(C[P@@](C)CCCCCI)C1CCCCC1. The first-order chi connectivity index (χ1) is 8.24. The summed E-state index contributed by atoms with van der Waals surface area (Å²) < 4.78 is 1.35. The molecular formula is C14H29IP2. The molecule has 0 nitrogen and oxygen atoms in total. The Balaban J connectivity index is 2.09. The smallest absolute Gasteiger partial charge is 0.000473 e. The van der Waals surface area contributed by atoms with Crippen LogP contribution in [0.15, 0.2) is 0 Å². The molecule has 0 bridgehead atoms. The molecule has 1 aliphatic rings. The summed E-state index contributed by atoms with van der Waals surface area (Å²) in [5.74, 6) is 1.61. The third kappa shape index (κ3) is 7.68. The van der Waals surface area contributed by atoms with E-state index in [2.05, 4.69) is 35.9 Å². The average Bonchev–Trinajstić information content (AvgIpc) is 2.36. The van der Waals surface area contributed by atoms with E-state index in [9.17, 15) is 0 Å². The molecule has 0 N–H and O–H groups in total. The fourth-order valence-corrected chi connectivity index (χ4v) is 9.83. The van der Waals surface area contributed by atoms with Crippen LogP contribution in [0.5, 0.6) is 0 Å². The van der Waals surface area contributed by atoms with Crippen LogP contribution in [-0.2, 0) is 0 Å². The Labute approximate surface area is 125 Å². The topological polar surface area (TPSA) is 0 Å². The number of halogens is 1. The quantitative estimate of drug-likeness (QED) is 0.205. The predicted molar refractivity (Wildman–Crippen MR) is 95.0 cm³/mol. The fraction of sp³-hybridized carbons (Fsp3) is 1.00. The highest BCUT2D eigenvalue weighted by atomic mass is 127. The van der Waals surface area contributed by atoms with Crippen molar-refractivity contribution in [2.75, 3.05) is 29.8 Å². The van der Waals surface area contributed by atoms with Gasteiger partial charge in [-0.15, -0.1) is 15.8 Å². The summed E-state index contributed by atoms with van der Waals surface area (Å²) in [5.41, 5.74) is 1.14. The summed E-state index contributed by atoms with van der Waals surface area (Å²) in [6.45, 7) is 5.15. The monoisotopic (exact) mass is 386 g/mol. The molecule has 1 saturated carbocycles. The van der Waals surface area contributed by atoms with Gasteiger partial charge in [0.2, 0.25) is 0 Å². The zero-order chi connectivity index (χ0) is 12.5. The highest BCUT2D eigenvalue weighted by Crippen LogP contribution is 2.53. The van der Waals surface area contributed by atoms with Crippen LogP contribution in [0.4, 0.5) is 0 Å². The Morgan fingerprint density at radius 2 is 1.71 bits per heavy atom. The van der Waals surface area contributed by atoms with Crippen LogP contribution in [0.1, 0.15) is 51.4 Å². The first-order valence-electron chi connectivity index (χ1n) is 7.19. The highest BCUT2D eigenvalue weighted by Gasteiger charge is 2.20. The van der Waals surface area contributed by atoms with Gasteiger partial charge in [0.15, 0.2) is 0 Å². The van der Waals surface area contributed by atoms with Crippen LogP contribution in [0.25, 0.3) is 0 Å². The van der Waals surface area contributed by atoms with Gasteiger partial charge in [-0.25, -0.2) is 0 Å². The molecule has 0 aromatic heterocycles. The minimum absolute atomic E-state index is 0.365. The molecule has 0 aliphatic heterocycles. The molecule has 0 amide bonds. The first kappa shape index (κ1) is 16.6. The Morgan fingerprint density at radius 3 is 2.35 bits per heavy atom. The summed E-state index contributed by atoms with van der Waals surface area (Å²) in [4.78, 5) is 0. The van der Waals surface area contributed by atoms with Gasteiger partial charge in [0.25, 0.3) is 0 Å². The van der Waals surface area contributed by atoms with Crippen LogP contribution in [0.2, 0.25) is 0 Å². The van der Waals surface area contributed by atoms with E-state index in [1.807, 2.05) is 0 Å². The number of hydrogen-bond acceptors (Lipinski definition) is 0. The molecule has 102 valence electrons. The van der Waals surface area contributed by atoms with Crippen molar-refractivity contribution >= 4 is 38.4 Å². The molecule has 17 heavy (non-hydrogen) atoms. The molecule has 2 atom stereocenters. The van der Waals surface area contributed by atoms with Gasteiger partial charge in [-0.2, -0.15) is 0 Å². The van der Waals surface area contributed by atoms with Gasteiger partial charge in [-0.05, 0) is 61.2 Å². The molecule has 0 spiro atoms. The number of alkyl halides is 1. The van der Waals surface area contributed by atoms with Crippen molar-refractivity contribution in [2.45, 2.75) is 57.0 Å². The Morgan fingerprint density at radius 1 is 1.00 bits per heavy atom. The summed E-state index contributed by atoms with van der Waals surface area (Å²) in [5, 5.41) is 0. The molecule has 1 unspecified atom stereocenters. The Hall–Kier alpha value is 1.59. The molecule has 0 aromatic rings. The van der Waals surface area contributed by atoms with Gasteiger partial charge in [-0.3, -0.25) is 0 Å². The van der Waals surface area contributed by atoms with Gasteiger partial charge in [-0.1, -0.05) is 48.3 Å². The Bertz CT molecular complexity index is 181. The maximum atomic E-state index is 2.59. The molecular weight excluding hydrogens is 357 g/mol. The fourth-order valence-electron chi connectivity index (χ4n) is 2.74. The summed E-state index contributed by atoms with van der Waals surface area (Å²) >= 11 is 2.50. The molecule has 0 heterocycles. The van der Waals surface area contributed by atoms with E-state index in [-0.39, 0.29) is 0 Å². The van der Waals surface area contributed by atoms with E-state index in [1.165, 1.54) is 43.0 Å². The van der Waals surface area contributed by atoms with E-state index in [0.29, 0.717) is 15.8 Å². The van der Waals surface area contributed by atoms with Gasteiger partial charge in [0.05, 0.1) is 0 Å². The van der Waals surface area contributed by atoms with Crippen molar-refractivity contribution in [3.63, 3.8) is 0 Å². The minimum atomic E-state index is 0.365. The summed E-state index contributed by atoms with van der Waals surface area (Å²) in [6, 6.07) is 0. The molecule has 1 fully saturated rings. The number of rotatable bonds is 8. The molecule has 0 aromatic carbocycles. The third-order valence-corrected chi connectivity index (χ3v) is 11.2. The second kappa shape index (κ2) is 10.4. The van der Waals surface area contributed by atoms with Crippen LogP contribution < -0.4 is 0 Å². The third-order valence-electron chi connectivity index (χ3n) is 3.84. The Kier molecular flexibility index (Phi) is 10.2. The maximum absolute atomic E-state index is 2.59. The minimum Gasteiger partial charge on any atom is -0.106 e. The molecule has 3 heteroatoms. The van der Waals surface area contributed by atoms with E-state index < -0.39 is 0 Å². The maximum Gasteiger partial charge on any atom is -0.000473 e. The van der Waals surface area contributed by atoms with Crippen LogP contribution in [-0.4, -0.2) is 35.5 Å². The van der Waals surface area contributed by atoms with Crippen molar-refractivity contribution in [3.05, 3.63) is 0 Å². The zero-order valence-corrected chi connectivity index (χ0v) is 15.6. The number of unbranched alkanes of at least 4 members (excludes halogenated alkanes) is 2. The average molecular weight is 386 g/mol.